The largest absolute Gasteiger partial charge is 0.396 e. The average molecular weight is 180 g/mol. The zero-order valence-corrected chi connectivity index (χ0v) is 5.69. The fraction of sp³-hybridized carbons (Fsp3) is 0.167. The summed E-state index contributed by atoms with van der Waals surface area (Å²) in [7, 11) is 0. The highest BCUT2D eigenvalue weighted by atomic mass is 19.3. The maximum Gasteiger partial charge on any atom is 0.270 e. The molecule has 1 aromatic rings. The van der Waals surface area contributed by atoms with Crippen LogP contribution >= 0.6 is 0 Å². The molecule has 0 amide bonds. The Kier molecular flexibility index (Phi) is 2.16. The van der Waals surface area contributed by atoms with Crippen LogP contribution in [0.15, 0.2) is 6.20 Å². The number of halogens is 4. The molecule has 0 atom stereocenters. The smallest absolute Gasteiger partial charge is 0.270 e. The molecule has 0 unspecified atom stereocenters. The van der Waals surface area contributed by atoms with E-state index >= 15 is 0 Å². The summed E-state index contributed by atoms with van der Waals surface area (Å²) < 4.78 is 48.8. The molecule has 1 heterocycles. The summed E-state index contributed by atoms with van der Waals surface area (Å²) in [6, 6.07) is 0. The lowest BCUT2D eigenvalue weighted by Gasteiger charge is -2.04. The van der Waals surface area contributed by atoms with Gasteiger partial charge in [0, 0.05) is 0 Å². The summed E-state index contributed by atoms with van der Waals surface area (Å²) in [5, 5.41) is 0. The van der Waals surface area contributed by atoms with E-state index in [-0.39, 0.29) is 0 Å². The third kappa shape index (κ3) is 1.32. The highest BCUT2D eigenvalue weighted by Crippen LogP contribution is 2.27. The molecule has 0 aromatic carbocycles. The van der Waals surface area contributed by atoms with Gasteiger partial charge in [-0.15, -0.1) is 0 Å². The number of nitrogens with two attached hydrogens (primary N) is 1. The van der Waals surface area contributed by atoms with Crippen molar-refractivity contribution in [1.29, 1.82) is 0 Å². The Morgan fingerprint density at radius 3 is 2.33 bits per heavy atom. The highest BCUT2D eigenvalue weighted by Gasteiger charge is 2.20. The van der Waals surface area contributed by atoms with Crippen LogP contribution in [0.4, 0.5) is 23.2 Å². The first-order chi connectivity index (χ1) is 5.54. The Labute approximate surface area is 65.0 Å². The van der Waals surface area contributed by atoms with Crippen LogP contribution in [0, 0.1) is 11.8 Å². The molecule has 1 rings (SSSR count). The maximum absolute atomic E-state index is 12.4. The summed E-state index contributed by atoms with van der Waals surface area (Å²) >= 11 is 0. The number of hydrogen-bond acceptors (Lipinski definition) is 2. The van der Waals surface area contributed by atoms with Gasteiger partial charge in [0.2, 0.25) is 5.95 Å². The molecule has 0 bridgehead atoms. The van der Waals surface area contributed by atoms with E-state index in [9.17, 15) is 17.6 Å². The number of anilines is 1. The van der Waals surface area contributed by atoms with Gasteiger partial charge in [0.05, 0.1) is 17.4 Å². The fourth-order valence-electron chi connectivity index (χ4n) is 0.700. The van der Waals surface area contributed by atoms with E-state index < -0.39 is 29.4 Å². The number of alkyl halides is 2. The van der Waals surface area contributed by atoms with Crippen molar-refractivity contribution in [2.24, 2.45) is 0 Å². The summed E-state index contributed by atoms with van der Waals surface area (Å²) in [6.45, 7) is 0. The quantitative estimate of drug-likeness (QED) is 0.529. The second-order valence-electron chi connectivity index (χ2n) is 2.02. The topological polar surface area (TPSA) is 38.9 Å². The van der Waals surface area contributed by atoms with E-state index in [1.165, 1.54) is 0 Å². The van der Waals surface area contributed by atoms with Crippen molar-refractivity contribution in [2.75, 3.05) is 5.73 Å². The predicted octanol–water partition coefficient (Wildman–Crippen LogP) is 1.88. The second kappa shape index (κ2) is 2.96. The van der Waals surface area contributed by atoms with E-state index in [0.717, 1.165) is 0 Å². The van der Waals surface area contributed by atoms with Gasteiger partial charge in [0.1, 0.15) is 0 Å². The van der Waals surface area contributed by atoms with Crippen molar-refractivity contribution < 1.29 is 17.6 Å². The number of hydrogen-bond donors (Lipinski definition) is 1. The van der Waals surface area contributed by atoms with Crippen LogP contribution in [-0.4, -0.2) is 4.98 Å². The molecule has 0 fully saturated rings. The van der Waals surface area contributed by atoms with Crippen LogP contribution < -0.4 is 5.73 Å². The van der Waals surface area contributed by atoms with Gasteiger partial charge < -0.3 is 5.73 Å². The minimum atomic E-state index is -3.16. The van der Waals surface area contributed by atoms with Crippen molar-refractivity contribution in [2.45, 2.75) is 6.43 Å². The van der Waals surface area contributed by atoms with Crippen LogP contribution in [0.3, 0.4) is 0 Å². The fourth-order valence-corrected chi connectivity index (χ4v) is 0.700. The summed E-state index contributed by atoms with van der Waals surface area (Å²) in [5.41, 5.74) is 2.77. The minimum Gasteiger partial charge on any atom is -0.396 e. The van der Waals surface area contributed by atoms with Gasteiger partial charge in [-0.3, -0.25) is 0 Å². The summed E-state index contributed by atoms with van der Waals surface area (Å²) in [5.74, 6) is -2.59. The number of nitrogens with zero attached hydrogens (tertiary/aromatic N) is 1. The third-order valence-electron chi connectivity index (χ3n) is 1.28. The molecule has 0 radical (unpaired) electrons. The van der Waals surface area contributed by atoms with E-state index in [0.29, 0.717) is 6.20 Å². The average Bonchev–Trinajstić information content (AvgIpc) is 1.97. The van der Waals surface area contributed by atoms with Crippen molar-refractivity contribution >= 4 is 5.69 Å². The standard InChI is InChI=1S/C6H4F4N2/c7-2-1-12-6(10)3(4(2)11)5(8)9/h1,5H,(H2,11,12). The molecule has 0 aliphatic rings. The molecule has 12 heavy (non-hydrogen) atoms. The van der Waals surface area contributed by atoms with Crippen LogP contribution in [0.5, 0.6) is 0 Å². The molecule has 6 heteroatoms. The van der Waals surface area contributed by atoms with E-state index in [4.69, 9.17) is 5.73 Å². The predicted molar refractivity (Wildman–Crippen MR) is 33.5 cm³/mol. The minimum absolute atomic E-state index is 0.455. The molecule has 0 saturated carbocycles. The van der Waals surface area contributed by atoms with Crippen LogP contribution in [0.1, 0.15) is 12.0 Å². The molecule has 1 aromatic heterocycles. The van der Waals surface area contributed by atoms with Gasteiger partial charge in [-0.2, -0.15) is 4.39 Å². The van der Waals surface area contributed by atoms with Crippen LogP contribution in [0.25, 0.3) is 0 Å². The molecule has 66 valence electrons. The Morgan fingerprint density at radius 2 is 1.92 bits per heavy atom. The third-order valence-corrected chi connectivity index (χ3v) is 1.28. The van der Waals surface area contributed by atoms with Crippen molar-refractivity contribution in [3.05, 3.63) is 23.5 Å². The van der Waals surface area contributed by atoms with Gasteiger partial charge in [-0.05, 0) is 0 Å². The SMILES string of the molecule is Nc1c(F)cnc(F)c1C(F)F. The first kappa shape index (κ1) is 8.76. The van der Waals surface area contributed by atoms with Gasteiger partial charge in [-0.25, -0.2) is 18.2 Å². The number of aromatic nitrogens is 1. The van der Waals surface area contributed by atoms with Crippen molar-refractivity contribution in [3.63, 3.8) is 0 Å². The molecule has 0 aliphatic carbocycles. The molecule has 2 N–H and O–H groups in total. The lowest BCUT2D eigenvalue weighted by molar-refractivity contribution is 0.145. The Morgan fingerprint density at radius 1 is 1.33 bits per heavy atom. The molecule has 0 spiro atoms. The van der Waals surface area contributed by atoms with E-state index in [1.807, 2.05) is 0 Å². The first-order valence-corrected chi connectivity index (χ1v) is 2.91. The first-order valence-electron chi connectivity index (χ1n) is 2.91. The lowest BCUT2D eigenvalue weighted by Crippen LogP contribution is -2.03. The van der Waals surface area contributed by atoms with Gasteiger partial charge >= 0.3 is 0 Å². The number of nitrogen functional groups attached to an aromatic ring is 1. The van der Waals surface area contributed by atoms with E-state index in [1.54, 1.807) is 0 Å². The zero-order chi connectivity index (χ0) is 9.30. The van der Waals surface area contributed by atoms with Crippen molar-refractivity contribution in [3.8, 4) is 0 Å². The molecular formula is C6H4F4N2. The number of pyridine rings is 1. The normalized spacial score (nSPS) is 10.8. The Bertz CT molecular complexity index is 300. The Balaban J connectivity index is 3.33. The van der Waals surface area contributed by atoms with Crippen LogP contribution in [0.2, 0.25) is 0 Å². The highest BCUT2D eigenvalue weighted by molar-refractivity contribution is 5.47. The second-order valence-corrected chi connectivity index (χ2v) is 2.02. The summed E-state index contributed by atoms with van der Waals surface area (Å²) in [4.78, 5) is 2.76. The van der Waals surface area contributed by atoms with Gasteiger partial charge in [0.15, 0.2) is 5.82 Å². The zero-order valence-electron chi connectivity index (χ0n) is 5.69. The monoisotopic (exact) mass is 180 g/mol. The molecule has 0 aliphatic heterocycles. The molecular weight excluding hydrogens is 176 g/mol. The summed E-state index contributed by atoms with van der Waals surface area (Å²) in [6.07, 6.45) is -2.70. The maximum atomic E-state index is 12.4. The van der Waals surface area contributed by atoms with E-state index in [2.05, 4.69) is 4.98 Å². The number of rotatable bonds is 1. The molecule has 0 saturated heterocycles. The van der Waals surface area contributed by atoms with Gasteiger partial charge in [0.25, 0.3) is 6.43 Å². The Hall–Kier alpha value is -1.33. The van der Waals surface area contributed by atoms with Crippen LogP contribution in [-0.2, 0) is 0 Å². The van der Waals surface area contributed by atoms with Crippen molar-refractivity contribution in [1.82, 2.24) is 4.98 Å². The van der Waals surface area contributed by atoms with Gasteiger partial charge in [-0.1, -0.05) is 0 Å². The molecule has 2 nitrogen and oxygen atoms in total. The lowest BCUT2D eigenvalue weighted by atomic mass is 10.2.